The quantitative estimate of drug-likeness (QED) is 0.911. The minimum Gasteiger partial charge on any atom is -0.298 e. The molecule has 0 unspecified atom stereocenters. The topological polar surface area (TPSA) is 45.2 Å². The number of hydrogen-bond acceptors (Lipinski definition) is 4. The molecule has 24 heavy (non-hydrogen) atoms. The first kappa shape index (κ1) is 16.9. The Morgan fingerprint density at radius 2 is 2.21 bits per heavy atom. The van der Waals surface area contributed by atoms with Gasteiger partial charge in [0.25, 0.3) is 5.91 Å². The second-order valence-electron chi connectivity index (χ2n) is 5.54. The summed E-state index contributed by atoms with van der Waals surface area (Å²) >= 11 is 1.38. The van der Waals surface area contributed by atoms with E-state index in [4.69, 9.17) is 0 Å². The number of fused-ring (bicyclic) bond motifs is 1. The standard InChI is InChI=1S/C16H16F3N3OS/c1-2-22-7-6-12-13(9-22)24-15(20-12)21-14(23)10-4-3-5-11(8-10)16(17,18)19/h3-5,8H,2,6-7,9H2,1H3,(H,20,21,23). The largest absolute Gasteiger partial charge is 0.416 e. The first-order valence-electron chi connectivity index (χ1n) is 7.56. The van der Waals surface area contributed by atoms with E-state index in [2.05, 4.69) is 22.1 Å². The van der Waals surface area contributed by atoms with Crippen molar-refractivity contribution in [2.75, 3.05) is 18.4 Å². The molecule has 1 amide bonds. The molecule has 4 nitrogen and oxygen atoms in total. The molecule has 128 valence electrons. The Morgan fingerprint density at radius 1 is 1.42 bits per heavy atom. The van der Waals surface area contributed by atoms with Gasteiger partial charge in [-0.15, -0.1) is 11.3 Å². The van der Waals surface area contributed by atoms with Crippen molar-refractivity contribution in [3.05, 3.63) is 46.0 Å². The van der Waals surface area contributed by atoms with Crippen LogP contribution < -0.4 is 5.32 Å². The summed E-state index contributed by atoms with van der Waals surface area (Å²) in [6.45, 7) is 4.75. The summed E-state index contributed by atoms with van der Waals surface area (Å²) in [5.41, 5.74) is 0.0874. The lowest BCUT2D eigenvalue weighted by atomic mass is 10.1. The van der Waals surface area contributed by atoms with E-state index in [-0.39, 0.29) is 5.56 Å². The first-order valence-corrected chi connectivity index (χ1v) is 8.38. The predicted octanol–water partition coefficient (Wildman–Crippen LogP) is 3.79. The molecule has 0 saturated heterocycles. The van der Waals surface area contributed by atoms with Crippen LogP contribution in [-0.4, -0.2) is 28.9 Å². The van der Waals surface area contributed by atoms with Crippen molar-refractivity contribution in [1.82, 2.24) is 9.88 Å². The van der Waals surface area contributed by atoms with E-state index in [1.807, 2.05) is 0 Å². The number of carbonyl (C=O) groups excluding carboxylic acids is 1. The second kappa shape index (κ2) is 6.52. The van der Waals surface area contributed by atoms with Crippen LogP contribution in [0.15, 0.2) is 24.3 Å². The number of anilines is 1. The van der Waals surface area contributed by atoms with E-state index in [1.165, 1.54) is 23.5 Å². The fraction of sp³-hybridized carbons (Fsp3) is 0.375. The number of hydrogen-bond donors (Lipinski definition) is 1. The number of alkyl halides is 3. The van der Waals surface area contributed by atoms with Crippen LogP contribution in [0.25, 0.3) is 0 Å². The molecule has 1 aliphatic heterocycles. The van der Waals surface area contributed by atoms with Crippen LogP contribution in [0.1, 0.15) is 33.4 Å². The highest BCUT2D eigenvalue weighted by Crippen LogP contribution is 2.31. The second-order valence-corrected chi connectivity index (χ2v) is 6.62. The maximum atomic E-state index is 12.7. The van der Waals surface area contributed by atoms with Crippen molar-refractivity contribution in [3.8, 4) is 0 Å². The van der Waals surface area contributed by atoms with Crippen LogP contribution >= 0.6 is 11.3 Å². The number of nitrogens with one attached hydrogen (secondary N) is 1. The SMILES string of the molecule is CCN1CCc2nc(NC(=O)c3cccc(C(F)(F)F)c3)sc2C1. The van der Waals surface area contributed by atoms with Gasteiger partial charge in [0.2, 0.25) is 0 Å². The molecule has 1 aromatic carbocycles. The Labute approximate surface area is 141 Å². The van der Waals surface area contributed by atoms with Crippen LogP contribution in [0.3, 0.4) is 0 Å². The van der Waals surface area contributed by atoms with Crippen molar-refractivity contribution in [2.24, 2.45) is 0 Å². The number of thiazole rings is 1. The van der Waals surface area contributed by atoms with Crippen molar-refractivity contribution in [2.45, 2.75) is 26.1 Å². The van der Waals surface area contributed by atoms with E-state index in [9.17, 15) is 18.0 Å². The zero-order valence-electron chi connectivity index (χ0n) is 13.0. The van der Waals surface area contributed by atoms with Gasteiger partial charge in [-0.05, 0) is 24.7 Å². The molecule has 0 atom stereocenters. The summed E-state index contributed by atoms with van der Waals surface area (Å²) in [6.07, 6.45) is -3.65. The molecule has 3 rings (SSSR count). The minimum absolute atomic E-state index is 0.0341. The number of likely N-dealkylation sites (N-methyl/N-ethyl adjacent to an activating group) is 1. The van der Waals surface area contributed by atoms with Crippen molar-refractivity contribution in [3.63, 3.8) is 0 Å². The van der Waals surface area contributed by atoms with E-state index < -0.39 is 17.6 Å². The summed E-state index contributed by atoms with van der Waals surface area (Å²) in [6, 6.07) is 4.38. The summed E-state index contributed by atoms with van der Waals surface area (Å²) in [5, 5.41) is 3.04. The van der Waals surface area contributed by atoms with Gasteiger partial charge in [0.1, 0.15) is 0 Å². The highest BCUT2D eigenvalue weighted by molar-refractivity contribution is 7.15. The van der Waals surface area contributed by atoms with E-state index in [0.717, 1.165) is 48.8 Å². The average Bonchev–Trinajstić information content (AvgIpc) is 2.95. The summed E-state index contributed by atoms with van der Waals surface area (Å²) < 4.78 is 38.2. The lowest BCUT2D eigenvalue weighted by molar-refractivity contribution is -0.137. The van der Waals surface area contributed by atoms with Crippen LogP contribution in [0.4, 0.5) is 18.3 Å². The average molecular weight is 355 g/mol. The van der Waals surface area contributed by atoms with Gasteiger partial charge < -0.3 is 0 Å². The van der Waals surface area contributed by atoms with Gasteiger partial charge in [-0.2, -0.15) is 13.2 Å². The molecule has 2 heterocycles. The molecule has 1 aliphatic rings. The Kier molecular flexibility index (Phi) is 4.60. The van der Waals surface area contributed by atoms with Gasteiger partial charge in [-0.1, -0.05) is 13.0 Å². The summed E-state index contributed by atoms with van der Waals surface area (Å²) in [5.74, 6) is -0.584. The number of rotatable bonds is 3. The fourth-order valence-corrected chi connectivity index (χ4v) is 3.62. The summed E-state index contributed by atoms with van der Waals surface area (Å²) in [4.78, 5) is 20.0. The molecule has 1 aromatic heterocycles. The van der Waals surface area contributed by atoms with Crippen molar-refractivity contribution < 1.29 is 18.0 Å². The molecule has 0 spiro atoms. The Hall–Kier alpha value is -1.93. The van der Waals surface area contributed by atoms with Gasteiger partial charge in [0, 0.05) is 30.0 Å². The van der Waals surface area contributed by atoms with Crippen molar-refractivity contribution >= 4 is 22.4 Å². The van der Waals surface area contributed by atoms with Gasteiger partial charge in [-0.3, -0.25) is 15.0 Å². The number of amides is 1. The number of aromatic nitrogens is 1. The fourth-order valence-electron chi connectivity index (χ4n) is 2.58. The predicted molar refractivity (Wildman–Crippen MR) is 86.2 cm³/mol. The maximum absolute atomic E-state index is 12.7. The van der Waals surface area contributed by atoms with Crippen LogP contribution in [0.2, 0.25) is 0 Å². The van der Waals surface area contributed by atoms with E-state index >= 15 is 0 Å². The molecule has 0 aliphatic carbocycles. The Bertz CT molecular complexity index is 757. The number of carbonyl (C=O) groups is 1. The molecular formula is C16H16F3N3OS. The van der Waals surface area contributed by atoms with Crippen LogP contribution in [-0.2, 0) is 19.1 Å². The molecular weight excluding hydrogens is 339 g/mol. The zero-order valence-corrected chi connectivity index (χ0v) is 13.8. The first-order chi connectivity index (χ1) is 11.4. The summed E-state index contributed by atoms with van der Waals surface area (Å²) in [7, 11) is 0. The number of halogens is 3. The molecule has 0 radical (unpaired) electrons. The van der Waals surface area contributed by atoms with E-state index in [0.29, 0.717) is 5.13 Å². The molecule has 0 fully saturated rings. The molecule has 1 N–H and O–H groups in total. The molecule has 0 saturated carbocycles. The normalized spacial score (nSPS) is 15.2. The monoisotopic (exact) mass is 355 g/mol. The Balaban J connectivity index is 1.75. The van der Waals surface area contributed by atoms with Crippen LogP contribution in [0.5, 0.6) is 0 Å². The van der Waals surface area contributed by atoms with Gasteiger partial charge in [-0.25, -0.2) is 4.98 Å². The number of nitrogens with zero attached hydrogens (tertiary/aromatic N) is 2. The molecule has 8 heteroatoms. The highest BCUT2D eigenvalue weighted by Gasteiger charge is 2.31. The van der Waals surface area contributed by atoms with E-state index in [1.54, 1.807) is 0 Å². The third-order valence-electron chi connectivity index (χ3n) is 3.93. The van der Waals surface area contributed by atoms with Gasteiger partial charge in [0.15, 0.2) is 5.13 Å². The molecule has 0 bridgehead atoms. The smallest absolute Gasteiger partial charge is 0.298 e. The van der Waals surface area contributed by atoms with Crippen LogP contribution in [0, 0.1) is 0 Å². The lowest BCUT2D eigenvalue weighted by Crippen LogP contribution is -2.29. The minimum atomic E-state index is -4.47. The third-order valence-corrected chi connectivity index (χ3v) is 4.93. The molecule has 2 aromatic rings. The highest BCUT2D eigenvalue weighted by atomic mass is 32.1. The van der Waals surface area contributed by atoms with Crippen molar-refractivity contribution in [1.29, 1.82) is 0 Å². The van der Waals surface area contributed by atoms with Gasteiger partial charge in [0.05, 0.1) is 11.3 Å². The Morgan fingerprint density at radius 3 is 2.92 bits per heavy atom. The third kappa shape index (κ3) is 3.59. The lowest BCUT2D eigenvalue weighted by Gasteiger charge is -2.23. The van der Waals surface area contributed by atoms with Gasteiger partial charge >= 0.3 is 6.18 Å². The maximum Gasteiger partial charge on any atom is 0.416 e. The number of benzene rings is 1. The zero-order chi connectivity index (χ0) is 17.3.